The van der Waals surface area contributed by atoms with Crippen LogP contribution in [-0.2, 0) is 17.8 Å². The Hall–Kier alpha value is -3.90. The SMILES string of the molecule is CC(C)N(Cc1nc(-c2ccccc2)c(-c2ccccc2)o1)C1CCc2c(OCC(=O)O)cccc21. The van der Waals surface area contributed by atoms with Crippen molar-refractivity contribution in [3.8, 4) is 28.3 Å². The lowest BCUT2D eigenvalue weighted by Crippen LogP contribution is -2.33. The number of carboxylic acid groups (broad SMARTS) is 1. The molecular weight excluding hydrogens is 452 g/mol. The fourth-order valence-corrected chi connectivity index (χ4v) is 5.04. The second-order valence-corrected chi connectivity index (χ2v) is 9.34. The lowest BCUT2D eigenvalue weighted by atomic mass is 10.0. The van der Waals surface area contributed by atoms with E-state index < -0.39 is 5.97 Å². The molecule has 1 heterocycles. The summed E-state index contributed by atoms with van der Waals surface area (Å²) in [5.41, 5.74) is 5.14. The molecule has 0 bridgehead atoms. The summed E-state index contributed by atoms with van der Waals surface area (Å²) in [6.07, 6.45) is 1.77. The van der Waals surface area contributed by atoms with Gasteiger partial charge in [-0.3, -0.25) is 4.90 Å². The first kappa shape index (κ1) is 23.8. The lowest BCUT2D eigenvalue weighted by molar-refractivity contribution is -0.139. The van der Waals surface area contributed by atoms with Crippen LogP contribution in [0.5, 0.6) is 5.75 Å². The van der Waals surface area contributed by atoms with Crippen LogP contribution in [0.1, 0.15) is 43.3 Å². The maximum Gasteiger partial charge on any atom is 0.341 e. The van der Waals surface area contributed by atoms with Crippen molar-refractivity contribution in [1.29, 1.82) is 0 Å². The molecule has 0 saturated heterocycles. The van der Waals surface area contributed by atoms with Gasteiger partial charge in [0.15, 0.2) is 12.4 Å². The highest BCUT2D eigenvalue weighted by molar-refractivity contribution is 5.76. The number of carbonyl (C=O) groups is 1. The van der Waals surface area contributed by atoms with Crippen LogP contribution in [0.4, 0.5) is 0 Å². The Bertz CT molecular complexity index is 1270. The number of oxazole rings is 1. The van der Waals surface area contributed by atoms with Gasteiger partial charge >= 0.3 is 5.97 Å². The zero-order valence-electron chi connectivity index (χ0n) is 20.6. The Morgan fingerprint density at radius 1 is 1.03 bits per heavy atom. The van der Waals surface area contributed by atoms with E-state index in [1.54, 1.807) is 0 Å². The highest BCUT2D eigenvalue weighted by atomic mass is 16.5. The predicted octanol–water partition coefficient (Wildman–Crippen LogP) is 6.37. The zero-order chi connectivity index (χ0) is 25.1. The van der Waals surface area contributed by atoms with Gasteiger partial charge in [0.05, 0.1) is 6.54 Å². The van der Waals surface area contributed by atoms with Gasteiger partial charge in [-0.25, -0.2) is 9.78 Å². The molecule has 1 atom stereocenters. The second-order valence-electron chi connectivity index (χ2n) is 9.34. The zero-order valence-corrected chi connectivity index (χ0v) is 20.6. The number of ether oxygens (including phenoxy) is 1. The number of carboxylic acids is 1. The van der Waals surface area contributed by atoms with E-state index in [1.165, 1.54) is 5.56 Å². The molecule has 1 aliphatic carbocycles. The number of hydrogen-bond acceptors (Lipinski definition) is 5. The third kappa shape index (κ3) is 4.90. The normalized spacial score (nSPS) is 14.8. The van der Waals surface area contributed by atoms with E-state index >= 15 is 0 Å². The average molecular weight is 483 g/mol. The minimum atomic E-state index is -0.974. The Morgan fingerprint density at radius 2 is 1.72 bits per heavy atom. The van der Waals surface area contributed by atoms with E-state index in [4.69, 9.17) is 19.2 Å². The predicted molar refractivity (Wildman–Crippen MR) is 139 cm³/mol. The summed E-state index contributed by atoms with van der Waals surface area (Å²) in [6, 6.07) is 26.6. The largest absolute Gasteiger partial charge is 0.482 e. The van der Waals surface area contributed by atoms with Crippen molar-refractivity contribution in [3.63, 3.8) is 0 Å². The first-order valence-electron chi connectivity index (χ1n) is 12.3. The molecule has 1 aromatic heterocycles. The third-order valence-corrected chi connectivity index (χ3v) is 6.68. The monoisotopic (exact) mass is 482 g/mol. The molecule has 6 nitrogen and oxygen atoms in total. The van der Waals surface area contributed by atoms with E-state index in [0.717, 1.165) is 41.0 Å². The molecule has 1 aliphatic rings. The van der Waals surface area contributed by atoms with Crippen LogP contribution in [0.25, 0.3) is 22.6 Å². The molecule has 6 heteroatoms. The van der Waals surface area contributed by atoms with Crippen molar-refractivity contribution in [1.82, 2.24) is 9.88 Å². The van der Waals surface area contributed by atoms with Gasteiger partial charge in [0, 0.05) is 23.2 Å². The summed E-state index contributed by atoms with van der Waals surface area (Å²) in [5.74, 6) is 1.14. The molecule has 4 aromatic rings. The van der Waals surface area contributed by atoms with Crippen LogP contribution in [0.3, 0.4) is 0 Å². The van der Waals surface area contributed by atoms with Crippen molar-refractivity contribution in [2.45, 2.75) is 45.3 Å². The number of fused-ring (bicyclic) bond motifs is 1. The molecule has 1 N–H and O–H groups in total. The van der Waals surface area contributed by atoms with Gasteiger partial charge < -0.3 is 14.3 Å². The lowest BCUT2D eigenvalue weighted by Gasteiger charge is -2.32. The first-order chi connectivity index (χ1) is 17.5. The van der Waals surface area contributed by atoms with Crippen molar-refractivity contribution in [2.24, 2.45) is 0 Å². The van der Waals surface area contributed by atoms with Crippen LogP contribution in [0.15, 0.2) is 83.3 Å². The Morgan fingerprint density at radius 3 is 2.39 bits per heavy atom. The summed E-state index contributed by atoms with van der Waals surface area (Å²) >= 11 is 0. The van der Waals surface area contributed by atoms with Gasteiger partial charge in [0.2, 0.25) is 5.89 Å². The van der Waals surface area contributed by atoms with Gasteiger partial charge in [-0.1, -0.05) is 72.8 Å². The summed E-state index contributed by atoms with van der Waals surface area (Å²) < 4.78 is 12.0. The minimum Gasteiger partial charge on any atom is -0.482 e. The number of aromatic nitrogens is 1. The van der Waals surface area contributed by atoms with Crippen LogP contribution >= 0.6 is 0 Å². The molecule has 36 heavy (non-hydrogen) atoms. The van der Waals surface area contributed by atoms with E-state index in [2.05, 4.69) is 36.9 Å². The number of aliphatic carboxylic acids is 1. The van der Waals surface area contributed by atoms with Crippen molar-refractivity contribution < 1.29 is 19.1 Å². The van der Waals surface area contributed by atoms with Crippen LogP contribution in [0, 0.1) is 0 Å². The Labute approximate surface area is 211 Å². The molecule has 0 fully saturated rings. The molecule has 5 rings (SSSR count). The molecule has 1 unspecified atom stereocenters. The standard InChI is InChI=1S/C30H30N2O4/c1-20(2)32(25-17-16-24-23(25)14-9-15-26(24)35-19-28(33)34)18-27-31-29(21-10-5-3-6-11-21)30(36-27)22-12-7-4-8-13-22/h3-15,20,25H,16-19H2,1-2H3,(H,33,34). The summed E-state index contributed by atoms with van der Waals surface area (Å²) in [5, 5.41) is 9.04. The highest BCUT2D eigenvalue weighted by Gasteiger charge is 2.33. The number of hydrogen-bond donors (Lipinski definition) is 1. The van der Waals surface area contributed by atoms with E-state index in [9.17, 15) is 4.79 Å². The molecule has 0 radical (unpaired) electrons. The van der Waals surface area contributed by atoms with Crippen molar-refractivity contribution in [3.05, 3.63) is 95.9 Å². The Balaban J connectivity index is 1.47. The molecule has 0 aliphatic heterocycles. The fourth-order valence-electron chi connectivity index (χ4n) is 5.04. The van der Waals surface area contributed by atoms with Gasteiger partial charge in [-0.15, -0.1) is 0 Å². The summed E-state index contributed by atoms with van der Waals surface area (Å²) in [7, 11) is 0. The van der Waals surface area contributed by atoms with E-state index in [1.807, 2.05) is 60.7 Å². The van der Waals surface area contributed by atoms with Gasteiger partial charge in [-0.05, 0) is 43.9 Å². The average Bonchev–Trinajstić information content (AvgIpc) is 3.52. The van der Waals surface area contributed by atoms with Gasteiger partial charge in [-0.2, -0.15) is 0 Å². The van der Waals surface area contributed by atoms with Gasteiger partial charge in [0.25, 0.3) is 0 Å². The maximum absolute atomic E-state index is 11.0. The van der Waals surface area contributed by atoms with Crippen LogP contribution in [-0.4, -0.2) is 33.6 Å². The molecule has 3 aromatic carbocycles. The molecule has 184 valence electrons. The Kier molecular flexibility index (Phi) is 6.87. The van der Waals surface area contributed by atoms with Crippen molar-refractivity contribution in [2.75, 3.05) is 6.61 Å². The summed E-state index contributed by atoms with van der Waals surface area (Å²) in [4.78, 5) is 18.4. The molecule has 0 spiro atoms. The fraction of sp³-hybridized carbons (Fsp3) is 0.267. The number of rotatable bonds is 9. The molecule has 0 saturated carbocycles. The van der Waals surface area contributed by atoms with E-state index in [0.29, 0.717) is 18.2 Å². The van der Waals surface area contributed by atoms with Crippen LogP contribution < -0.4 is 4.74 Å². The molecule has 0 amide bonds. The number of benzene rings is 3. The maximum atomic E-state index is 11.0. The quantitative estimate of drug-likeness (QED) is 0.299. The van der Waals surface area contributed by atoms with Crippen molar-refractivity contribution >= 4 is 5.97 Å². The summed E-state index contributed by atoms with van der Waals surface area (Å²) in [6.45, 7) is 4.59. The van der Waals surface area contributed by atoms with Gasteiger partial charge in [0.1, 0.15) is 11.4 Å². The minimum absolute atomic E-state index is 0.167. The van der Waals surface area contributed by atoms with E-state index in [-0.39, 0.29) is 18.7 Å². The number of nitrogens with zero attached hydrogens (tertiary/aromatic N) is 2. The molecular formula is C30H30N2O4. The highest BCUT2D eigenvalue weighted by Crippen LogP contribution is 2.42. The topological polar surface area (TPSA) is 75.8 Å². The van der Waals surface area contributed by atoms with Crippen LogP contribution in [0.2, 0.25) is 0 Å². The smallest absolute Gasteiger partial charge is 0.341 e. The second kappa shape index (κ2) is 10.4. The first-order valence-corrected chi connectivity index (χ1v) is 12.3. The third-order valence-electron chi connectivity index (χ3n) is 6.68.